The first-order valence-electron chi connectivity index (χ1n) is 8.54. The summed E-state index contributed by atoms with van der Waals surface area (Å²) in [4.78, 5) is 0.679. The second-order valence-corrected chi connectivity index (χ2v) is 6.81. The van der Waals surface area contributed by atoms with Crippen LogP contribution >= 0.6 is 11.3 Å². The Bertz CT molecular complexity index is 1020. The third-order valence-corrected chi connectivity index (χ3v) is 4.91. The predicted molar refractivity (Wildman–Crippen MR) is 99.5 cm³/mol. The Morgan fingerprint density at radius 1 is 1.04 bits per heavy atom. The van der Waals surface area contributed by atoms with E-state index in [0.717, 1.165) is 17.2 Å². The van der Waals surface area contributed by atoms with Crippen molar-refractivity contribution >= 4 is 16.3 Å². The van der Waals surface area contributed by atoms with Crippen molar-refractivity contribution in [1.82, 2.24) is 19.8 Å². The molecule has 0 aliphatic rings. The van der Waals surface area contributed by atoms with Crippen molar-refractivity contribution in [2.24, 2.45) is 0 Å². The first kappa shape index (κ1) is 17.4. The van der Waals surface area contributed by atoms with E-state index in [-0.39, 0.29) is 18.5 Å². The van der Waals surface area contributed by atoms with Gasteiger partial charge in [0, 0.05) is 0 Å². The van der Waals surface area contributed by atoms with Crippen molar-refractivity contribution in [3.63, 3.8) is 0 Å². The number of para-hydroxylation sites is 1. The van der Waals surface area contributed by atoms with Crippen LogP contribution < -0.4 is 9.47 Å². The van der Waals surface area contributed by atoms with E-state index in [1.165, 1.54) is 23.5 Å². The summed E-state index contributed by atoms with van der Waals surface area (Å²) >= 11 is 1.44. The molecule has 4 aromatic rings. The van der Waals surface area contributed by atoms with Crippen LogP contribution in [0.15, 0.2) is 54.6 Å². The van der Waals surface area contributed by atoms with E-state index in [9.17, 15) is 4.39 Å². The molecule has 0 saturated carbocycles. The zero-order chi connectivity index (χ0) is 18.6. The van der Waals surface area contributed by atoms with E-state index < -0.39 is 0 Å². The maximum Gasteiger partial charge on any atom is 0.234 e. The average Bonchev–Trinajstić information content (AvgIpc) is 3.28. The second-order valence-electron chi connectivity index (χ2n) is 5.82. The molecule has 0 radical (unpaired) electrons. The fourth-order valence-electron chi connectivity index (χ4n) is 2.54. The highest BCUT2D eigenvalue weighted by molar-refractivity contribution is 7.16. The largest absolute Gasteiger partial charge is 0.486 e. The van der Waals surface area contributed by atoms with Gasteiger partial charge in [-0.2, -0.15) is 9.61 Å². The van der Waals surface area contributed by atoms with Gasteiger partial charge < -0.3 is 9.47 Å². The predicted octanol–water partition coefficient (Wildman–Crippen LogP) is 4.43. The molecule has 2 aromatic carbocycles. The van der Waals surface area contributed by atoms with Gasteiger partial charge in [-0.15, -0.1) is 10.2 Å². The highest BCUT2D eigenvalue weighted by atomic mass is 32.1. The minimum atomic E-state index is -0.305. The number of aromatic nitrogens is 4. The molecule has 2 heterocycles. The SMILES string of the molecule is CC[C@@H](Oc1ccccc1)c1nn2c(COc3ccc(F)cc3)nnc2s1. The first-order valence-corrected chi connectivity index (χ1v) is 9.35. The lowest BCUT2D eigenvalue weighted by molar-refractivity contribution is 0.199. The minimum Gasteiger partial charge on any atom is -0.486 e. The minimum absolute atomic E-state index is 0.162. The monoisotopic (exact) mass is 384 g/mol. The molecule has 0 fully saturated rings. The van der Waals surface area contributed by atoms with Crippen LogP contribution in [0.2, 0.25) is 0 Å². The normalized spacial score (nSPS) is 12.2. The van der Waals surface area contributed by atoms with Crippen LogP contribution in [0, 0.1) is 5.82 Å². The van der Waals surface area contributed by atoms with Crippen LogP contribution in [-0.4, -0.2) is 19.8 Å². The van der Waals surface area contributed by atoms with Crippen LogP contribution in [0.4, 0.5) is 4.39 Å². The summed E-state index contributed by atoms with van der Waals surface area (Å²) in [6.45, 7) is 2.24. The molecule has 0 spiro atoms. The lowest BCUT2D eigenvalue weighted by atomic mass is 10.3. The maximum atomic E-state index is 13.0. The molecule has 1 atom stereocenters. The molecule has 0 aliphatic carbocycles. The fourth-order valence-corrected chi connectivity index (χ4v) is 3.51. The van der Waals surface area contributed by atoms with Crippen LogP contribution in [0.1, 0.15) is 30.3 Å². The lowest BCUT2D eigenvalue weighted by Gasteiger charge is -2.14. The summed E-state index contributed by atoms with van der Waals surface area (Å²) in [6.07, 6.45) is 0.616. The number of hydrogen-bond acceptors (Lipinski definition) is 6. The van der Waals surface area contributed by atoms with Crippen LogP contribution in [0.5, 0.6) is 11.5 Å². The molecule has 4 rings (SSSR count). The number of nitrogens with zero attached hydrogens (tertiary/aromatic N) is 4. The molecule has 0 saturated heterocycles. The number of halogens is 1. The van der Waals surface area contributed by atoms with E-state index in [1.807, 2.05) is 30.3 Å². The summed E-state index contributed by atoms with van der Waals surface area (Å²) < 4.78 is 26.3. The average molecular weight is 384 g/mol. The lowest BCUT2D eigenvalue weighted by Crippen LogP contribution is -2.08. The number of rotatable bonds is 7. The Labute approximate surface area is 159 Å². The van der Waals surface area contributed by atoms with Gasteiger partial charge in [0.25, 0.3) is 0 Å². The highest BCUT2D eigenvalue weighted by Crippen LogP contribution is 2.28. The van der Waals surface area contributed by atoms with Crippen LogP contribution in [0.3, 0.4) is 0 Å². The second kappa shape index (κ2) is 7.71. The zero-order valence-corrected chi connectivity index (χ0v) is 15.4. The summed E-state index contributed by atoms with van der Waals surface area (Å²) in [5.41, 5.74) is 0. The number of hydrogen-bond donors (Lipinski definition) is 0. The Hall–Kier alpha value is -3.00. The number of fused-ring (bicyclic) bond motifs is 1. The summed E-state index contributed by atoms with van der Waals surface area (Å²) in [5.74, 6) is 1.63. The van der Waals surface area contributed by atoms with Gasteiger partial charge in [0.2, 0.25) is 4.96 Å². The van der Waals surface area contributed by atoms with E-state index >= 15 is 0 Å². The van der Waals surface area contributed by atoms with Gasteiger partial charge in [0.1, 0.15) is 23.9 Å². The van der Waals surface area contributed by atoms with Crippen molar-refractivity contribution in [3.05, 3.63) is 71.2 Å². The van der Waals surface area contributed by atoms with E-state index in [1.54, 1.807) is 16.6 Å². The van der Waals surface area contributed by atoms with Gasteiger partial charge >= 0.3 is 0 Å². The Kier molecular flexibility index (Phi) is 4.97. The molecule has 8 heteroatoms. The molecule has 0 amide bonds. The number of ether oxygens (including phenoxy) is 2. The summed E-state index contributed by atoms with van der Waals surface area (Å²) in [7, 11) is 0. The van der Waals surface area contributed by atoms with E-state index in [2.05, 4.69) is 22.2 Å². The van der Waals surface area contributed by atoms with Crippen LogP contribution in [0.25, 0.3) is 4.96 Å². The van der Waals surface area contributed by atoms with Crippen molar-refractivity contribution < 1.29 is 13.9 Å². The highest BCUT2D eigenvalue weighted by Gasteiger charge is 2.20. The summed E-state index contributed by atoms with van der Waals surface area (Å²) in [5, 5.41) is 13.7. The summed E-state index contributed by atoms with van der Waals surface area (Å²) in [6, 6.07) is 15.5. The van der Waals surface area contributed by atoms with Gasteiger partial charge in [-0.25, -0.2) is 4.39 Å². The van der Waals surface area contributed by atoms with Crippen LogP contribution in [-0.2, 0) is 6.61 Å². The van der Waals surface area contributed by atoms with E-state index in [4.69, 9.17) is 9.47 Å². The molecule has 6 nitrogen and oxygen atoms in total. The van der Waals surface area contributed by atoms with E-state index in [0.29, 0.717) is 16.5 Å². The molecule has 0 N–H and O–H groups in total. The first-order chi connectivity index (χ1) is 13.2. The van der Waals surface area contributed by atoms with Crippen molar-refractivity contribution in [2.75, 3.05) is 0 Å². The fraction of sp³-hybridized carbons (Fsp3) is 0.211. The molecule has 0 unspecified atom stereocenters. The topological polar surface area (TPSA) is 61.5 Å². The molecule has 0 bridgehead atoms. The molecule has 0 aliphatic heterocycles. The Balaban J connectivity index is 1.51. The molecular formula is C19H17FN4O2S. The molecular weight excluding hydrogens is 367 g/mol. The molecule has 27 heavy (non-hydrogen) atoms. The van der Waals surface area contributed by atoms with Gasteiger partial charge in [0.15, 0.2) is 16.9 Å². The van der Waals surface area contributed by atoms with Gasteiger partial charge in [-0.1, -0.05) is 36.5 Å². The quantitative estimate of drug-likeness (QED) is 0.472. The van der Waals surface area contributed by atoms with Gasteiger partial charge in [-0.3, -0.25) is 0 Å². The Morgan fingerprint density at radius 3 is 2.56 bits per heavy atom. The molecule has 2 aromatic heterocycles. The van der Waals surface area contributed by atoms with Gasteiger partial charge in [0.05, 0.1) is 0 Å². The van der Waals surface area contributed by atoms with Crippen molar-refractivity contribution in [1.29, 1.82) is 0 Å². The molecule has 138 valence electrons. The standard InChI is InChI=1S/C19H17FN4O2S/c1-2-16(26-15-6-4-3-5-7-15)18-23-24-17(21-22-19(24)27-18)12-25-14-10-8-13(20)9-11-14/h3-11,16H,2,12H2,1H3/t16-/m1/s1. The van der Waals surface area contributed by atoms with Gasteiger partial charge in [-0.05, 0) is 42.8 Å². The zero-order valence-electron chi connectivity index (χ0n) is 14.6. The maximum absolute atomic E-state index is 13.0. The third kappa shape index (κ3) is 3.90. The van der Waals surface area contributed by atoms with Crippen molar-refractivity contribution in [2.45, 2.75) is 26.1 Å². The Morgan fingerprint density at radius 2 is 1.81 bits per heavy atom. The number of benzene rings is 2. The third-order valence-electron chi connectivity index (χ3n) is 3.92. The smallest absolute Gasteiger partial charge is 0.234 e. The van der Waals surface area contributed by atoms with Crippen molar-refractivity contribution in [3.8, 4) is 11.5 Å².